The Morgan fingerprint density at radius 3 is 2.30 bits per heavy atom. The van der Waals surface area contributed by atoms with E-state index in [1.54, 1.807) is 0 Å². The number of carbonyl (C=O) groups is 2. The molecule has 0 N–H and O–H groups in total. The smallest absolute Gasteiger partial charge is 0.224 e. The first-order valence-electron chi connectivity index (χ1n) is 2.93. The minimum absolute atomic E-state index is 0.103. The van der Waals surface area contributed by atoms with Crippen molar-refractivity contribution >= 4 is 11.6 Å². The normalized spacial score (nSPS) is 8.50. The van der Waals surface area contributed by atoms with Crippen LogP contribution in [0.4, 0.5) is 0 Å². The third kappa shape index (κ3) is 2.40. The molecule has 0 amide bonds. The summed E-state index contributed by atoms with van der Waals surface area (Å²) in [7, 11) is 0. The fraction of sp³-hybridized carbons (Fsp3) is 0.250. The number of hydrogen-bond donors (Lipinski definition) is 0. The van der Waals surface area contributed by atoms with Gasteiger partial charge >= 0.3 is 0 Å². The average Bonchev–Trinajstić information content (AvgIpc) is 1.87. The first-order valence-corrected chi connectivity index (χ1v) is 2.93. The first kappa shape index (κ1) is 8.82. The predicted octanol–water partition coefficient (Wildman–Crippen LogP) is 1.28. The second-order valence-electron chi connectivity index (χ2n) is 2.03. The van der Waals surface area contributed by atoms with Gasteiger partial charge in [-0.25, -0.2) is 0 Å². The van der Waals surface area contributed by atoms with Gasteiger partial charge in [-0.05, 0) is 12.5 Å². The predicted molar refractivity (Wildman–Crippen MR) is 39.6 cm³/mol. The molecule has 0 saturated carbocycles. The van der Waals surface area contributed by atoms with Gasteiger partial charge < -0.3 is 0 Å². The lowest BCUT2D eigenvalue weighted by molar-refractivity contribution is -0.133. The van der Waals surface area contributed by atoms with Crippen LogP contribution in [-0.4, -0.2) is 11.6 Å². The molecular weight excluding hydrogens is 128 g/mol. The lowest BCUT2D eigenvalue weighted by Gasteiger charge is -1.92. The molecule has 54 valence electrons. The van der Waals surface area contributed by atoms with Crippen molar-refractivity contribution in [2.75, 3.05) is 0 Å². The zero-order valence-electron chi connectivity index (χ0n) is 6.02. The van der Waals surface area contributed by atoms with Crippen molar-refractivity contribution in [2.24, 2.45) is 0 Å². The molecule has 0 aromatic carbocycles. The maximum Gasteiger partial charge on any atom is 0.224 e. The summed E-state index contributed by atoms with van der Waals surface area (Å²) >= 11 is 0. The Morgan fingerprint density at radius 2 is 2.00 bits per heavy atom. The number of allylic oxidation sites excluding steroid dienone is 2. The van der Waals surface area contributed by atoms with Gasteiger partial charge in [0.1, 0.15) is 0 Å². The van der Waals surface area contributed by atoms with E-state index in [0.717, 1.165) is 0 Å². The molecule has 0 heterocycles. The van der Waals surface area contributed by atoms with E-state index in [1.807, 2.05) is 0 Å². The van der Waals surface area contributed by atoms with E-state index in [1.165, 1.54) is 13.0 Å². The van der Waals surface area contributed by atoms with E-state index < -0.39 is 11.6 Å². The summed E-state index contributed by atoms with van der Waals surface area (Å²) in [5.74, 6) is -0.942. The molecule has 0 aromatic rings. The molecule has 0 bridgehead atoms. The second kappa shape index (κ2) is 3.77. The highest BCUT2D eigenvalue weighted by Crippen LogP contribution is 1.94. The van der Waals surface area contributed by atoms with E-state index in [9.17, 15) is 9.59 Å². The first-order chi connectivity index (χ1) is 4.59. The zero-order valence-corrected chi connectivity index (χ0v) is 6.02. The van der Waals surface area contributed by atoms with Crippen LogP contribution >= 0.6 is 0 Å². The second-order valence-corrected chi connectivity index (χ2v) is 2.03. The maximum absolute atomic E-state index is 10.7. The van der Waals surface area contributed by atoms with E-state index in [0.29, 0.717) is 0 Å². The summed E-state index contributed by atoms with van der Waals surface area (Å²) in [6.07, 6.45) is 1.51. The molecule has 0 aliphatic rings. The molecule has 0 unspecified atom stereocenters. The monoisotopic (exact) mass is 138 g/mol. The standard InChI is InChI=1S/C8H10O2/c1-4-5-7(9)8(10)6(2)3/h4H,1-2,5H2,3H3. The molecule has 2 heteroatoms. The minimum Gasteiger partial charge on any atom is -0.290 e. The largest absolute Gasteiger partial charge is 0.290 e. The van der Waals surface area contributed by atoms with Crippen molar-refractivity contribution in [1.29, 1.82) is 0 Å². The highest BCUT2D eigenvalue weighted by molar-refractivity contribution is 6.43. The quantitative estimate of drug-likeness (QED) is 0.333. The molecule has 0 aliphatic carbocycles. The van der Waals surface area contributed by atoms with Crippen LogP contribution in [0.1, 0.15) is 13.3 Å². The van der Waals surface area contributed by atoms with Crippen LogP contribution in [0.3, 0.4) is 0 Å². The number of hydrogen-bond acceptors (Lipinski definition) is 2. The Hall–Kier alpha value is -1.18. The molecule has 0 radical (unpaired) electrons. The van der Waals surface area contributed by atoms with Gasteiger partial charge in [-0.3, -0.25) is 9.59 Å². The Balaban J connectivity index is 4.08. The van der Waals surface area contributed by atoms with Crippen molar-refractivity contribution in [1.82, 2.24) is 0 Å². The Kier molecular flexibility index (Phi) is 3.33. The van der Waals surface area contributed by atoms with Gasteiger partial charge in [0.15, 0.2) is 0 Å². The molecule has 2 nitrogen and oxygen atoms in total. The van der Waals surface area contributed by atoms with Gasteiger partial charge in [0.25, 0.3) is 0 Å². The van der Waals surface area contributed by atoms with Crippen LogP contribution < -0.4 is 0 Å². The summed E-state index contributed by atoms with van der Waals surface area (Å²) in [5, 5.41) is 0. The minimum atomic E-state index is -0.500. The van der Waals surface area contributed by atoms with Crippen LogP contribution in [0.25, 0.3) is 0 Å². The number of carbonyl (C=O) groups excluding carboxylic acids is 2. The molecule has 0 fully saturated rings. The zero-order chi connectivity index (χ0) is 8.15. The van der Waals surface area contributed by atoms with Crippen molar-refractivity contribution in [2.45, 2.75) is 13.3 Å². The molecule has 0 spiro atoms. The van der Waals surface area contributed by atoms with Crippen LogP contribution in [0.5, 0.6) is 0 Å². The number of ketones is 2. The third-order valence-corrected chi connectivity index (χ3v) is 0.971. The summed E-state index contributed by atoms with van der Waals surface area (Å²) in [5.41, 5.74) is 0.284. The van der Waals surface area contributed by atoms with Gasteiger partial charge in [0, 0.05) is 6.42 Å². The third-order valence-electron chi connectivity index (χ3n) is 0.971. The van der Waals surface area contributed by atoms with E-state index >= 15 is 0 Å². The van der Waals surface area contributed by atoms with Gasteiger partial charge in [0.05, 0.1) is 0 Å². The fourth-order valence-electron chi connectivity index (χ4n) is 0.462. The molecule has 0 rings (SSSR count). The molecular formula is C8H10O2. The lowest BCUT2D eigenvalue weighted by Crippen LogP contribution is -2.12. The SMILES string of the molecule is C=CCC(=O)C(=O)C(=C)C. The van der Waals surface area contributed by atoms with E-state index in [-0.39, 0.29) is 12.0 Å². The van der Waals surface area contributed by atoms with Crippen molar-refractivity contribution in [3.05, 3.63) is 24.8 Å². The van der Waals surface area contributed by atoms with Gasteiger partial charge in [-0.2, -0.15) is 0 Å². The Morgan fingerprint density at radius 1 is 1.50 bits per heavy atom. The number of Topliss-reactive ketones (excluding diaryl/α,β-unsaturated/α-hetero) is 2. The van der Waals surface area contributed by atoms with Crippen molar-refractivity contribution in [3.8, 4) is 0 Å². The molecule has 0 aromatic heterocycles. The summed E-state index contributed by atoms with van der Waals surface area (Å²) in [6.45, 7) is 8.21. The molecule has 10 heavy (non-hydrogen) atoms. The van der Waals surface area contributed by atoms with Gasteiger partial charge in [0.2, 0.25) is 11.6 Å². The maximum atomic E-state index is 10.7. The van der Waals surface area contributed by atoms with E-state index in [2.05, 4.69) is 13.2 Å². The van der Waals surface area contributed by atoms with Gasteiger partial charge in [-0.15, -0.1) is 6.58 Å². The summed E-state index contributed by atoms with van der Waals surface area (Å²) in [4.78, 5) is 21.4. The van der Waals surface area contributed by atoms with Crippen LogP contribution in [0.2, 0.25) is 0 Å². The highest BCUT2D eigenvalue weighted by atomic mass is 16.2. The summed E-state index contributed by atoms with van der Waals surface area (Å²) in [6, 6.07) is 0. The van der Waals surface area contributed by atoms with E-state index in [4.69, 9.17) is 0 Å². The lowest BCUT2D eigenvalue weighted by atomic mass is 10.1. The highest BCUT2D eigenvalue weighted by Gasteiger charge is 2.10. The van der Waals surface area contributed by atoms with Crippen LogP contribution in [0, 0.1) is 0 Å². The van der Waals surface area contributed by atoms with Crippen LogP contribution in [-0.2, 0) is 9.59 Å². The van der Waals surface area contributed by atoms with Crippen molar-refractivity contribution < 1.29 is 9.59 Å². The Bertz CT molecular complexity index is 189. The van der Waals surface area contributed by atoms with Gasteiger partial charge in [-0.1, -0.05) is 12.7 Å². The van der Waals surface area contributed by atoms with Crippen molar-refractivity contribution in [3.63, 3.8) is 0 Å². The topological polar surface area (TPSA) is 34.1 Å². The fourth-order valence-corrected chi connectivity index (χ4v) is 0.462. The summed E-state index contributed by atoms with van der Waals surface area (Å²) < 4.78 is 0. The Labute approximate surface area is 60.2 Å². The van der Waals surface area contributed by atoms with Crippen LogP contribution in [0.15, 0.2) is 24.8 Å². The molecule has 0 atom stereocenters. The molecule has 0 saturated heterocycles. The molecule has 0 aliphatic heterocycles. The average molecular weight is 138 g/mol. The number of rotatable bonds is 4.